The number of rotatable bonds is 45. The van der Waals surface area contributed by atoms with E-state index in [9.17, 15) is 45.6 Å². The molecule has 1 amide bonds. The van der Waals surface area contributed by atoms with Crippen molar-refractivity contribution in [2.24, 2.45) is 0 Å². The van der Waals surface area contributed by atoms with Crippen LogP contribution in [-0.2, 0) is 23.7 Å². The largest absolute Gasteiger partial charge is 0.394 e. The van der Waals surface area contributed by atoms with Crippen LogP contribution in [0.5, 0.6) is 0 Å². The topological polar surface area (TPSA) is 228 Å². The standard InChI is InChI=1S/C63H105NO13/c1-3-5-7-9-11-13-15-17-19-21-22-23-24-25-26-27-28-29-30-31-33-35-37-39-41-43-45-47-55(68)64-51(52(67)46-44-42-40-38-36-34-32-20-18-16-14-12-10-8-6-4-2)50-74-62-60(73)58(71)61(54(49-66)76-62)77-63-59(72)57(70)56(69)53(48-65)75-63/h5,7,11,13,17,19,22-23,25-26,28-29,31,33,36,38,44,46,51-54,56-63,65-67,69-73H,3-4,6,8-10,12,14-16,18,20-21,24,27,30,32,34-35,37,39-43,45,47-50H2,1-2H3,(H,64,68)/b7-5-,13-11-,19-17-,23-22-,26-25-,29-28-,33-31-,38-36+,46-44+. The first-order valence-corrected chi connectivity index (χ1v) is 29.6. The summed E-state index contributed by atoms with van der Waals surface area (Å²) in [5.74, 6) is -0.273. The highest BCUT2D eigenvalue weighted by Gasteiger charge is 2.51. The molecule has 0 bridgehead atoms. The van der Waals surface area contributed by atoms with Gasteiger partial charge in [-0.15, -0.1) is 0 Å². The van der Waals surface area contributed by atoms with Gasteiger partial charge in [-0.2, -0.15) is 0 Å². The summed E-state index contributed by atoms with van der Waals surface area (Å²) < 4.78 is 22.7. The van der Waals surface area contributed by atoms with E-state index in [0.717, 1.165) is 89.9 Å². The van der Waals surface area contributed by atoms with Crippen LogP contribution in [0.3, 0.4) is 0 Å². The molecular formula is C63H105NO13. The summed E-state index contributed by atoms with van der Waals surface area (Å²) in [6.45, 7) is 2.63. The molecule has 77 heavy (non-hydrogen) atoms. The highest BCUT2D eigenvalue weighted by molar-refractivity contribution is 5.76. The Hall–Kier alpha value is -3.35. The van der Waals surface area contributed by atoms with E-state index in [1.165, 1.54) is 64.2 Å². The quantitative estimate of drug-likeness (QED) is 0.0205. The number of allylic oxidation sites excluding steroid dienone is 17. The molecule has 14 heteroatoms. The Morgan fingerprint density at radius 1 is 0.481 bits per heavy atom. The highest BCUT2D eigenvalue weighted by Crippen LogP contribution is 2.30. The fraction of sp³-hybridized carbons (Fsp3) is 0.698. The zero-order chi connectivity index (χ0) is 56.0. The van der Waals surface area contributed by atoms with Gasteiger partial charge in [0.15, 0.2) is 12.6 Å². The molecule has 0 spiro atoms. The fourth-order valence-electron chi connectivity index (χ4n) is 8.93. The molecule has 12 atom stereocenters. The highest BCUT2D eigenvalue weighted by atomic mass is 16.7. The third-order valence-corrected chi connectivity index (χ3v) is 13.7. The molecule has 2 aliphatic rings. The first-order chi connectivity index (χ1) is 37.6. The van der Waals surface area contributed by atoms with Crippen LogP contribution >= 0.6 is 0 Å². The number of carbonyl (C=O) groups is 1. The van der Waals surface area contributed by atoms with Crippen molar-refractivity contribution >= 4 is 5.91 Å². The van der Waals surface area contributed by atoms with Gasteiger partial charge >= 0.3 is 0 Å². The van der Waals surface area contributed by atoms with Crippen LogP contribution in [-0.4, -0.2) is 140 Å². The molecule has 2 aliphatic heterocycles. The van der Waals surface area contributed by atoms with Crippen LogP contribution in [0.4, 0.5) is 0 Å². The summed E-state index contributed by atoms with van der Waals surface area (Å²) in [5, 5.41) is 87.0. The Balaban J connectivity index is 1.78. The molecular weight excluding hydrogens is 979 g/mol. The number of hydrogen-bond acceptors (Lipinski definition) is 13. The molecule has 0 saturated carbocycles. The number of nitrogens with one attached hydrogen (secondary N) is 1. The van der Waals surface area contributed by atoms with Gasteiger partial charge in [-0.1, -0.05) is 200 Å². The zero-order valence-corrected chi connectivity index (χ0v) is 47.2. The Morgan fingerprint density at radius 3 is 1.43 bits per heavy atom. The van der Waals surface area contributed by atoms with E-state index in [4.69, 9.17) is 18.9 Å². The van der Waals surface area contributed by atoms with Gasteiger partial charge in [0, 0.05) is 6.42 Å². The predicted octanol–water partition coefficient (Wildman–Crippen LogP) is 10.1. The molecule has 14 nitrogen and oxygen atoms in total. The molecule has 9 N–H and O–H groups in total. The van der Waals surface area contributed by atoms with Gasteiger partial charge in [0.2, 0.25) is 5.91 Å². The minimum atomic E-state index is -1.80. The maximum absolute atomic E-state index is 13.2. The van der Waals surface area contributed by atoms with Gasteiger partial charge in [0.05, 0.1) is 32.0 Å². The molecule has 0 aromatic carbocycles. The summed E-state index contributed by atoms with van der Waals surface area (Å²) in [5.41, 5.74) is 0. The van der Waals surface area contributed by atoms with Crippen molar-refractivity contribution in [1.29, 1.82) is 0 Å². The van der Waals surface area contributed by atoms with Crippen LogP contribution in [0.15, 0.2) is 109 Å². The molecule has 2 fully saturated rings. The van der Waals surface area contributed by atoms with Gasteiger partial charge in [-0.25, -0.2) is 0 Å². The second-order valence-electron chi connectivity index (χ2n) is 20.4. The van der Waals surface area contributed by atoms with Crippen molar-refractivity contribution in [3.05, 3.63) is 109 Å². The summed E-state index contributed by atoms with van der Waals surface area (Å²) in [4.78, 5) is 13.2. The lowest BCUT2D eigenvalue weighted by Crippen LogP contribution is -2.65. The van der Waals surface area contributed by atoms with Crippen LogP contribution in [0.25, 0.3) is 0 Å². The minimum absolute atomic E-state index is 0.244. The van der Waals surface area contributed by atoms with Gasteiger partial charge in [-0.05, 0) is 89.9 Å². The van der Waals surface area contributed by atoms with Crippen molar-refractivity contribution < 1.29 is 64.6 Å². The minimum Gasteiger partial charge on any atom is -0.394 e. The molecule has 0 aliphatic carbocycles. The molecule has 2 heterocycles. The molecule has 0 aromatic rings. The fourth-order valence-corrected chi connectivity index (χ4v) is 8.93. The summed E-state index contributed by atoms with van der Waals surface area (Å²) in [6.07, 6.45) is 49.8. The van der Waals surface area contributed by atoms with Crippen molar-refractivity contribution in [1.82, 2.24) is 5.32 Å². The number of aliphatic hydroxyl groups excluding tert-OH is 8. The van der Waals surface area contributed by atoms with Crippen LogP contribution in [0.1, 0.15) is 187 Å². The number of carbonyl (C=O) groups excluding carboxylic acids is 1. The SMILES string of the molecule is CC/C=C\C/C=C\C/C=C\C/C=C\C/C=C\C/C=C\C/C=C\CCCCCCCC(=O)NC(COC1OC(CO)C(OC2OC(CO)C(O)C(O)C2O)C(O)C1O)C(O)/C=C/CC/C=C/CCCCCCCCCCCC. The molecule has 440 valence electrons. The zero-order valence-electron chi connectivity index (χ0n) is 47.2. The van der Waals surface area contributed by atoms with Crippen molar-refractivity contribution in [2.45, 2.75) is 261 Å². The van der Waals surface area contributed by atoms with E-state index in [0.29, 0.717) is 12.8 Å². The first kappa shape index (κ1) is 69.8. The van der Waals surface area contributed by atoms with E-state index >= 15 is 0 Å². The van der Waals surface area contributed by atoms with Gasteiger partial charge in [-0.3, -0.25) is 4.79 Å². The average molecular weight is 1080 g/mol. The maximum Gasteiger partial charge on any atom is 0.220 e. The van der Waals surface area contributed by atoms with E-state index in [2.05, 4.69) is 116 Å². The monoisotopic (exact) mass is 1080 g/mol. The maximum atomic E-state index is 13.2. The second-order valence-corrected chi connectivity index (χ2v) is 20.4. The number of aliphatic hydroxyl groups is 8. The number of ether oxygens (including phenoxy) is 4. The third kappa shape index (κ3) is 33.1. The van der Waals surface area contributed by atoms with Gasteiger partial charge < -0.3 is 65.1 Å². The van der Waals surface area contributed by atoms with Crippen LogP contribution < -0.4 is 5.32 Å². The van der Waals surface area contributed by atoms with E-state index < -0.39 is 86.8 Å². The number of amides is 1. The number of hydrogen-bond donors (Lipinski definition) is 9. The van der Waals surface area contributed by atoms with E-state index in [1.807, 2.05) is 6.08 Å². The second kappa shape index (κ2) is 47.5. The lowest BCUT2D eigenvalue weighted by Gasteiger charge is -2.46. The Bertz CT molecular complexity index is 1700. The van der Waals surface area contributed by atoms with Crippen LogP contribution in [0.2, 0.25) is 0 Å². The lowest BCUT2D eigenvalue weighted by molar-refractivity contribution is -0.359. The van der Waals surface area contributed by atoms with Crippen LogP contribution in [0, 0.1) is 0 Å². The average Bonchev–Trinajstić information content (AvgIpc) is 3.43. The van der Waals surface area contributed by atoms with Crippen molar-refractivity contribution in [3.8, 4) is 0 Å². The third-order valence-electron chi connectivity index (χ3n) is 13.7. The first-order valence-electron chi connectivity index (χ1n) is 29.6. The Kier molecular flexibility index (Phi) is 43.0. The molecule has 2 rings (SSSR count). The Morgan fingerprint density at radius 2 is 0.909 bits per heavy atom. The normalized spacial score (nSPS) is 25.5. The molecule has 12 unspecified atom stereocenters. The summed E-state index contributed by atoms with van der Waals surface area (Å²) in [6, 6.07) is -0.950. The lowest BCUT2D eigenvalue weighted by atomic mass is 9.97. The Labute approximate surface area is 464 Å². The van der Waals surface area contributed by atoms with Gasteiger partial charge in [0.1, 0.15) is 48.8 Å². The molecule has 0 radical (unpaired) electrons. The molecule has 2 saturated heterocycles. The number of unbranched alkanes of at least 4 members (excludes halogenated alkanes) is 16. The summed E-state index contributed by atoms with van der Waals surface area (Å²) in [7, 11) is 0. The van der Waals surface area contributed by atoms with Gasteiger partial charge in [0.25, 0.3) is 0 Å². The predicted molar refractivity (Wildman–Crippen MR) is 309 cm³/mol. The van der Waals surface area contributed by atoms with E-state index in [1.54, 1.807) is 6.08 Å². The summed E-state index contributed by atoms with van der Waals surface area (Å²) >= 11 is 0. The molecule has 0 aromatic heterocycles. The smallest absolute Gasteiger partial charge is 0.220 e. The van der Waals surface area contributed by atoms with E-state index in [-0.39, 0.29) is 18.9 Å². The van der Waals surface area contributed by atoms with Crippen molar-refractivity contribution in [3.63, 3.8) is 0 Å². The van der Waals surface area contributed by atoms with Crippen molar-refractivity contribution in [2.75, 3.05) is 19.8 Å².